The lowest BCUT2D eigenvalue weighted by Crippen LogP contribution is -2.53. The number of hydrogen-bond acceptors (Lipinski definition) is 5. The molecule has 2 N–H and O–H groups in total. The van der Waals surface area contributed by atoms with Crippen LogP contribution in [-0.2, 0) is 14.8 Å². The first-order chi connectivity index (χ1) is 9.97. The molecule has 0 aliphatic carbocycles. The minimum Gasteiger partial charge on any atom is -0.396 e. The Morgan fingerprint density at radius 3 is 2.67 bits per heavy atom. The number of nitrogens with one attached hydrogen (secondary N) is 1. The van der Waals surface area contributed by atoms with Crippen molar-refractivity contribution in [3.63, 3.8) is 0 Å². The van der Waals surface area contributed by atoms with Crippen LogP contribution in [-0.4, -0.2) is 39.9 Å². The van der Waals surface area contributed by atoms with E-state index in [0.717, 1.165) is 21.4 Å². The van der Waals surface area contributed by atoms with E-state index in [1.807, 2.05) is 18.2 Å². The topological polar surface area (TPSA) is 75.6 Å². The molecule has 2 heterocycles. The molecule has 1 aliphatic rings. The van der Waals surface area contributed by atoms with Gasteiger partial charge in [0.2, 0.25) is 0 Å². The fraction of sp³-hybridized carbons (Fsp3) is 0.385. The molecule has 2 aromatic rings. The number of benzene rings is 1. The standard InChI is InChI=1S/C13H14ClNO4S2/c14-11-9-3-1-2-4-10(9)20-12(11)21(17,18)15-5-13(6-16)7-19-8-13/h1-4,15-16H,5-8H2. The van der Waals surface area contributed by atoms with E-state index in [9.17, 15) is 13.5 Å². The van der Waals surface area contributed by atoms with Crippen LogP contribution in [0.2, 0.25) is 5.02 Å². The highest BCUT2D eigenvalue weighted by molar-refractivity contribution is 7.92. The van der Waals surface area contributed by atoms with E-state index < -0.39 is 15.4 Å². The Labute approximate surface area is 131 Å². The molecule has 1 aromatic carbocycles. The molecule has 114 valence electrons. The average Bonchev–Trinajstić information content (AvgIpc) is 2.77. The maximum atomic E-state index is 12.4. The van der Waals surface area contributed by atoms with Gasteiger partial charge in [-0.2, -0.15) is 0 Å². The van der Waals surface area contributed by atoms with Crippen LogP contribution >= 0.6 is 22.9 Å². The van der Waals surface area contributed by atoms with Gasteiger partial charge in [0.05, 0.1) is 30.3 Å². The van der Waals surface area contributed by atoms with Crippen LogP contribution in [0.3, 0.4) is 0 Å². The average molecular weight is 348 g/mol. The molecule has 1 aromatic heterocycles. The molecule has 0 unspecified atom stereocenters. The van der Waals surface area contributed by atoms with Gasteiger partial charge < -0.3 is 9.84 Å². The fourth-order valence-corrected chi connectivity index (χ4v) is 5.44. The monoisotopic (exact) mass is 347 g/mol. The van der Waals surface area contributed by atoms with Gasteiger partial charge in [-0.15, -0.1) is 11.3 Å². The lowest BCUT2D eigenvalue weighted by atomic mass is 9.87. The summed E-state index contributed by atoms with van der Waals surface area (Å²) < 4.78 is 33.4. The zero-order valence-electron chi connectivity index (χ0n) is 11.0. The Bertz CT molecular complexity index is 762. The first-order valence-corrected chi connectivity index (χ1v) is 9.01. The smallest absolute Gasteiger partial charge is 0.251 e. The Morgan fingerprint density at radius 2 is 2.10 bits per heavy atom. The van der Waals surface area contributed by atoms with E-state index in [1.165, 1.54) is 0 Å². The molecule has 0 atom stereocenters. The third-order valence-corrected chi connectivity index (χ3v) is 7.25. The number of thiophene rings is 1. The van der Waals surface area contributed by atoms with Crippen LogP contribution < -0.4 is 4.72 Å². The number of sulfonamides is 1. The maximum absolute atomic E-state index is 12.4. The summed E-state index contributed by atoms with van der Waals surface area (Å²) >= 11 is 7.33. The fourth-order valence-electron chi connectivity index (χ4n) is 2.12. The van der Waals surface area contributed by atoms with Crippen LogP contribution in [0.5, 0.6) is 0 Å². The summed E-state index contributed by atoms with van der Waals surface area (Å²) in [6.45, 7) is 0.727. The van der Waals surface area contributed by atoms with Gasteiger partial charge in [-0.1, -0.05) is 29.8 Å². The molecule has 0 bridgehead atoms. The predicted octanol–water partition coefficient (Wildman–Crippen LogP) is 1.84. The summed E-state index contributed by atoms with van der Waals surface area (Å²) in [4.78, 5) is 0. The summed E-state index contributed by atoms with van der Waals surface area (Å²) in [5.41, 5.74) is -0.518. The van der Waals surface area contributed by atoms with Gasteiger partial charge in [-0.05, 0) is 6.07 Å². The molecule has 0 radical (unpaired) electrons. The number of hydrogen-bond donors (Lipinski definition) is 2. The van der Waals surface area contributed by atoms with Crippen LogP contribution in [0.4, 0.5) is 0 Å². The lowest BCUT2D eigenvalue weighted by molar-refractivity contribution is -0.132. The van der Waals surface area contributed by atoms with E-state index in [1.54, 1.807) is 6.07 Å². The van der Waals surface area contributed by atoms with Crippen molar-refractivity contribution in [1.29, 1.82) is 0 Å². The zero-order valence-corrected chi connectivity index (χ0v) is 13.4. The van der Waals surface area contributed by atoms with Crippen LogP contribution in [0.25, 0.3) is 10.1 Å². The number of ether oxygens (including phenoxy) is 1. The second-order valence-corrected chi connectivity index (χ2v) is 8.57. The SMILES string of the molecule is O=S(=O)(NCC1(CO)COC1)c1sc2ccccc2c1Cl. The van der Waals surface area contributed by atoms with Gasteiger partial charge in [0, 0.05) is 16.6 Å². The van der Waals surface area contributed by atoms with E-state index in [4.69, 9.17) is 16.3 Å². The summed E-state index contributed by atoms with van der Waals surface area (Å²) in [6, 6.07) is 7.28. The minimum absolute atomic E-state index is 0.110. The Hall–Kier alpha value is -0.700. The van der Waals surface area contributed by atoms with Gasteiger partial charge in [-0.25, -0.2) is 13.1 Å². The molecule has 21 heavy (non-hydrogen) atoms. The molecule has 0 amide bonds. The number of fused-ring (bicyclic) bond motifs is 1. The van der Waals surface area contributed by atoms with E-state index in [2.05, 4.69) is 4.72 Å². The number of aliphatic hydroxyl groups is 1. The van der Waals surface area contributed by atoms with Crippen molar-refractivity contribution in [2.75, 3.05) is 26.4 Å². The molecule has 1 saturated heterocycles. The van der Waals surface area contributed by atoms with Crippen molar-refractivity contribution in [2.45, 2.75) is 4.21 Å². The van der Waals surface area contributed by atoms with Crippen molar-refractivity contribution in [3.05, 3.63) is 29.3 Å². The second kappa shape index (κ2) is 5.49. The molecular formula is C13H14ClNO4S2. The van der Waals surface area contributed by atoms with Gasteiger partial charge in [-0.3, -0.25) is 0 Å². The highest BCUT2D eigenvalue weighted by Gasteiger charge is 2.39. The Balaban J connectivity index is 1.88. The van der Waals surface area contributed by atoms with Crippen LogP contribution in [0.15, 0.2) is 28.5 Å². The first-order valence-electron chi connectivity index (χ1n) is 6.33. The molecule has 8 heteroatoms. The van der Waals surface area contributed by atoms with Gasteiger partial charge in [0.1, 0.15) is 0 Å². The van der Waals surface area contributed by atoms with Crippen LogP contribution in [0.1, 0.15) is 0 Å². The number of halogens is 1. The maximum Gasteiger partial charge on any atom is 0.251 e. The molecule has 5 nitrogen and oxygen atoms in total. The quantitative estimate of drug-likeness (QED) is 0.865. The summed E-state index contributed by atoms with van der Waals surface area (Å²) in [6.07, 6.45) is 0. The predicted molar refractivity (Wildman–Crippen MR) is 82.4 cm³/mol. The van der Waals surface area contributed by atoms with E-state index >= 15 is 0 Å². The van der Waals surface area contributed by atoms with Crippen molar-refractivity contribution in [1.82, 2.24) is 4.72 Å². The molecule has 3 rings (SSSR count). The summed E-state index contributed by atoms with van der Waals surface area (Å²) in [5, 5.41) is 10.3. The summed E-state index contributed by atoms with van der Waals surface area (Å²) in [5.74, 6) is 0. The highest BCUT2D eigenvalue weighted by Crippen LogP contribution is 2.38. The largest absolute Gasteiger partial charge is 0.396 e. The normalized spacial score (nSPS) is 17.8. The summed E-state index contributed by atoms with van der Waals surface area (Å²) in [7, 11) is -3.70. The lowest BCUT2D eigenvalue weighted by Gasteiger charge is -2.39. The molecular weight excluding hydrogens is 334 g/mol. The van der Waals surface area contributed by atoms with Crippen molar-refractivity contribution in [2.24, 2.45) is 5.41 Å². The van der Waals surface area contributed by atoms with Crippen molar-refractivity contribution in [3.8, 4) is 0 Å². The molecule has 0 spiro atoms. The molecule has 1 fully saturated rings. The van der Waals surface area contributed by atoms with Crippen LogP contribution in [0, 0.1) is 5.41 Å². The Morgan fingerprint density at radius 1 is 1.38 bits per heavy atom. The molecule has 0 saturated carbocycles. The van der Waals surface area contributed by atoms with Crippen molar-refractivity contribution >= 4 is 43.0 Å². The van der Waals surface area contributed by atoms with E-state index in [-0.39, 0.29) is 22.4 Å². The third-order valence-electron chi connectivity index (χ3n) is 3.54. The third kappa shape index (κ3) is 2.69. The second-order valence-electron chi connectivity index (χ2n) is 5.18. The van der Waals surface area contributed by atoms with Gasteiger partial charge >= 0.3 is 0 Å². The van der Waals surface area contributed by atoms with E-state index in [0.29, 0.717) is 13.2 Å². The minimum atomic E-state index is -3.70. The Kier molecular flexibility index (Phi) is 3.98. The highest BCUT2D eigenvalue weighted by atomic mass is 35.5. The number of aliphatic hydroxyl groups excluding tert-OH is 1. The number of rotatable bonds is 5. The van der Waals surface area contributed by atoms with Gasteiger partial charge in [0.15, 0.2) is 4.21 Å². The van der Waals surface area contributed by atoms with Crippen molar-refractivity contribution < 1.29 is 18.3 Å². The first kappa shape index (κ1) is 15.2. The molecule has 1 aliphatic heterocycles. The van der Waals surface area contributed by atoms with Gasteiger partial charge in [0.25, 0.3) is 10.0 Å². The zero-order chi connectivity index (χ0) is 15.1.